The standard InChI is InChI=1S/C24H31N3O2.2ClH/c1-29-15-12-23(28)26-13-14-27-21(18-26)16-25-17-22(27)24(19-8-4-2-5-9-19)20-10-6-3-7-11-20;;/h2-11,21-22,24-25H,12-18H2,1H3;2*1H/t21-,22+;;/m1../s1. The first kappa shape index (κ1) is 25.6. The van der Waals surface area contributed by atoms with Crippen molar-refractivity contribution < 1.29 is 9.53 Å². The Morgan fingerprint density at radius 1 is 1.00 bits per heavy atom. The smallest absolute Gasteiger partial charge is 0.224 e. The maximum Gasteiger partial charge on any atom is 0.224 e. The Morgan fingerprint density at radius 3 is 2.19 bits per heavy atom. The molecule has 170 valence electrons. The van der Waals surface area contributed by atoms with Gasteiger partial charge in [0.25, 0.3) is 0 Å². The van der Waals surface area contributed by atoms with Crippen molar-refractivity contribution in [3.05, 3.63) is 71.8 Å². The van der Waals surface area contributed by atoms with E-state index in [-0.39, 0.29) is 30.7 Å². The topological polar surface area (TPSA) is 44.8 Å². The van der Waals surface area contributed by atoms with E-state index in [2.05, 4.69) is 70.9 Å². The summed E-state index contributed by atoms with van der Waals surface area (Å²) in [6.07, 6.45) is 0.469. The van der Waals surface area contributed by atoms with E-state index in [9.17, 15) is 4.79 Å². The number of ether oxygens (including phenoxy) is 1. The first-order chi connectivity index (χ1) is 14.3. The largest absolute Gasteiger partial charge is 0.384 e. The molecule has 2 atom stereocenters. The molecule has 31 heavy (non-hydrogen) atoms. The third-order valence-corrected chi connectivity index (χ3v) is 6.26. The van der Waals surface area contributed by atoms with E-state index in [1.807, 2.05) is 4.90 Å². The molecule has 2 aliphatic rings. The van der Waals surface area contributed by atoms with E-state index in [0.717, 1.165) is 32.7 Å². The summed E-state index contributed by atoms with van der Waals surface area (Å²) in [5.41, 5.74) is 2.70. The van der Waals surface area contributed by atoms with E-state index in [1.165, 1.54) is 11.1 Å². The Morgan fingerprint density at radius 2 is 1.61 bits per heavy atom. The second-order valence-electron chi connectivity index (χ2n) is 8.00. The molecular formula is C24H33Cl2N3O2. The lowest BCUT2D eigenvalue weighted by Gasteiger charge is -2.50. The number of fused-ring (bicyclic) bond motifs is 1. The summed E-state index contributed by atoms with van der Waals surface area (Å²) in [5, 5.41) is 3.65. The van der Waals surface area contributed by atoms with Crippen LogP contribution in [0, 0.1) is 0 Å². The van der Waals surface area contributed by atoms with Crippen LogP contribution in [-0.4, -0.2) is 74.2 Å². The van der Waals surface area contributed by atoms with Crippen LogP contribution in [0.5, 0.6) is 0 Å². The van der Waals surface area contributed by atoms with Gasteiger partial charge in [-0.3, -0.25) is 9.69 Å². The molecule has 0 bridgehead atoms. The van der Waals surface area contributed by atoms with Gasteiger partial charge in [-0.15, -0.1) is 24.8 Å². The molecule has 0 spiro atoms. The number of rotatable bonds is 6. The van der Waals surface area contributed by atoms with E-state index >= 15 is 0 Å². The predicted molar refractivity (Wildman–Crippen MR) is 129 cm³/mol. The minimum Gasteiger partial charge on any atom is -0.384 e. The summed E-state index contributed by atoms with van der Waals surface area (Å²) < 4.78 is 5.09. The van der Waals surface area contributed by atoms with Crippen LogP contribution in [0.2, 0.25) is 0 Å². The molecule has 2 aromatic rings. The molecule has 0 aliphatic carbocycles. The summed E-state index contributed by atoms with van der Waals surface area (Å²) in [7, 11) is 1.65. The molecule has 0 aromatic heterocycles. The summed E-state index contributed by atoms with van der Waals surface area (Å²) in [5.74, 6) is 0.514. The number of benzene rings is 2. The second-order valence-corrected chi connectivity index (χ2v) is 8.00. The van der Waals surface area contributed by atoms with Crippen molar-refractivity contribution in [3.8, 4) is 0 Å². The van der Waals surface area contributed by atoms with Gasteiger partial charge < -0.3 is 15.0 Å². The van der Waals surface area contributed by atoms with E-state index in [0.29, 0.717) is 31.0 Å². The second kappa shape index (κ2) is 12.4. The zero-order chi connectivity index (χ0) is 20.1. The van der Waals surface area contributed by atoms with Gasteiger partial charge in [-0.2, -0.15) is 0 Å². The Labute approximate surface area is 198 Å². The van der Waals surface area contributed by atoms with Crippen molar-refractivity contribution in [1.29, 1.82) is 0 Å². The third-order valence-electron chi connectivity index (χ3n) is 6.26. The molecule has 2 aromatic carbocycles. The fourth-order valence-corrected chi connectivity index (χ4v) is 4.84. The highest BCUT2D eigenvalue weighted by atomic mass is 35.5. The first-order valence-electron chi connectivity index (χ1n) is 10.6. The van der Waals surface area contributed by atoms with Crippen molar-refractivity contribution >= 4 is 30.7 Å². The van der Waals surface area contributed by atoms with Gasteiger partial charge in [-0.25, -0.2) is 0 Å². The van der Waals surface area contributed by atoms with Crippen molar-refractivity contribution in [2.45, 2.75) is 24.4 Å². The Hall–Kier alpha value is -1.63. The van der Waals surface area contributed by atoms with Gasteiger partial charge in [0.2, 0.25) is 5.91 Å². The Bertz CT molecular complexity index is 754. The van der Waals surface area contributed by atoms with Crippen LogP contribution in [-0.2, 0) is 9.53 Å². The molecule has 0 saturated carbocycles. The van der Waals surface area contributed by atoms with Crippen LogP contribution in [0.4, 0.5) is 0 Å². The lowest BCUT2D eigenvalue weighted by atomic mass is 9.82. The number of nitrogens with zero attached hydrogens (tertiary/aromatic N) is 2. The maximum atomic E-state index is 12.5. The van der Waals surface area contributed by atoms with Crippen molar-refractivity contribution in [3.63, 3.8) is 0 Å². The lowest BCUT2D eigenvalue weighted by Crippen LogP contribution is -2.66. The Kier molecular flexibility index (Phi) is 10.3. The minimum atomic E-state index is 0. The fourth-order valence-electron chi connectivity index (χ4n) is 4.84. The van der Waals surface area contributed by atoms with Crippen LogP contribution in [0.15, 0.2) is 60.7 Å². The third kappa shape index (κ3) is 5.99. The number of hydrogen-bond donors (Lipinski definition) is 1. The average molecular weight is 466 g/mol. The van der Waals surface area contributed by atoms with Gasteiger partial charge in [0, 0.05) is 57.8 Å². The van der Waals surface area contributed by atoms with Crippen molar-refractivity contribution in [2.75, 3.05) is 46.4 Å². The van der Waals surface area contributed by atoms with E-state index in [1.54, 1.807) is 7.11 Å². The molecule has 2 saturated heterocycles. The molecule has 2 aliphatic heterocycles. The molecule has 0 radical (unpaired) electrons. The molecular weight excluding hydrogens is 433 g/mol. The molecule has 0 unspecified atom stereocenters. The normalized spacial score (nSPS) is 21.0. The van der Waals surface area contributed by atoms with Crippen LogP contribution in [0.25, 0.3) is 0 Å². The maximum absolute atomic E-state index is 12.5. The minimum absolute atomic E-state index is 0. The monoisotopic (exact) mass is 465 g/mol. The first-order valence-corrected chi connectivity index (χ1v) is 10.6. The summed E-state index contributed by atoms with van der Waals surface area (Å²) in [6.45, 7) is 4.90. The summed E-state index contributed by atoms with van der Waals surface area (Å²) >= 11 is 0. The predicted octanol–water partition coefficient (Wildman–Crippen LogP) is 3.18. The molecule has 1 N–H and O–H groups in total. The number of carbonyl (C=O) groups excluding carboxylic acids is 1. The molecule has 1 amide bonds. The molecule has 7 heteroatoms. The number of amides is 1. The van der Waals surface area contributed by atoms with Crippen LogP contribution < -0.4 is 5.32 Å². The van der Waals surface area contributed by atoms with E-state index < -0.39 is 0 Å². The van der Waals surface area contributed by atoms with Crippen LogP contribution in [0.1, 0.15) is 23.5 Å². The fraction of sp³-hybridized carbons (Fsp3) is 0.458. The summed E-state index contributed by atoms with van der Waals surface area (Å²) in [4.78, 5) is 17.2. The van der Waals surface area contributed by atoms with Gasteiger partial charge >= 0.3 is 0 Å². The number of methoxy groups -OCH3 is 1. The van der Waals surface area contributed by atoms with Gasteiger partial charge in [0.05, 0.1) is 13.0 Å². The highest BCUT2D eigenvalue weighted by Gasteiger charge is 2.40. The quantitative estimate of drug-likeness (QED) is 0.711. The highest BCUT2D eigenvalue weighted by Crippen LogP contribution is 2.33. The van der Waals surface area contributed by atoms with Gasteiger partial charge in [0.1, 0.15) is 0 Å². The number of carbonyl (C=O) groups is 1. The highest BCUT2D eigenvalue weighted by molar-refractivity contribution is 5.85. The number of nitrogens with one attached hydrogen (secondary N) is 1. The number of hydrogen-bond acceptors (Lipinski definition) is 4. The zero-order valence-corrected chi connectivity index (χ0v) is 19.6. The number of piperazine rings is 2. The van der Waals surface area contributed by atoms with Crippen LogP contribution >= 0.6 is 24.8 Å². The van der Waals surface area contributed by atoms with Crippen molar-refractivity contribution in [2.24, 2.45) is 0 Å². The van der Waals surface area contributed by atoms with Gasteiger partial charge in [-0.05, 0) is 11.1 Å². The zero-order valence-electron chi connectivity index (χ0n) is 18.0. The Balaban J connectivity index is 0.00000171. The molecule has 2 fully saturated rings. The van der Waals surface area contributed by atoms with Gasteiger partial charge in [0.15, 0.2) is 0 Å². The van der Waals surface area contributed by atoms with Crippen LogP contribution in [0.3, 0.4) is 0 Å². The van der Waals surface area contributed by atoms with Gasteiger partial charge in [-0.1, -0.05) is 60.7 Å². The molecule has 5 nitrogen and oxygen atoms in total. The SMILES string of the molecule is COCCC(=O)N1CCN2[C@H](CNC[C@H]2C(c2ccccc2)c2ccccc2)C1.Cl.Cl. The molecule has 4 rings (SSSR count). The molecule has 2 heterocycles. The lowest BCUT2D eigenvalue weighted by molar-refractivity contribution is -0.136. The number of halogens is 2. The summed E-state index contributed by atoms with van der Waals surface area (Å²) in [6, 6.07) is 22.4. The van der Waals surface area contributed by atoms with E-state index in [4.69, 9.17) is 4.74 Å². The average Bonchev–Trinajstić information content (AvgIpc) is 2.79. The van der Waals surface area contributed by atoms with Crippen molar-refractivity contribution in [1.82, 2.24) is 15.1 Å².